The zero-order valence-electron chi connectivity index (χ0n) is 39.6. The monoisotopic (exact) mass is 885 g/mol. The maximum absolute atomic E-state index is 14.6. The molecule has 7 heteroatoms. The number of pyridine rings is 1. The van der Waals surface area contributed by atoms with Gasteiger partial charge in [0.2, 0.25) is 0 Å². The smallest absolute Gasteiger partial charge is 0.255 e. The van der Waals surface area contributed by atoms with Crippen molar-refractivity contribution in [3.05, 3.63) is 199 Å². The first kappa shape index (κ1) is 43.5. The Morgan fingerprint density at radius 1 is 0.493 bits per heavy atom. The average molecular weight is 886 g/mol. The summed E-state index contributed by atoms with van der Waals surface area (Å²) >= 11 is 0. The second kappa shape index (κ2) is 16.2. The molecule has 0 radical (unpaired) electrons. The summed E-state index contributed by atoms with van der Waals surface area (Å²) < 4.78 is 42.7. The van der Waals surface area contributed by atoms with E-state index in [1.54, 1.807) is 0 Å². The first-order valence-electron chi connectivity index (χ1n) is 23.0. The quantitative estimate of drug-likeness (QED) is 0.150. The third kappa shape index (κ3) is 8.17. The lowest BCUT2D eigenvalue weighted by Gasteiger charge is -2.23. The van der Waals surface area contributed by atoms with Crippen LogP contribution in [0.3, 0.4) is 0 Å². The molecule has 10 aromatic rings. The number of benzene rings is 7. The molecule has 5 nitrogen and oxygen atoms in total. The van der Waals surface area contributed by atoms with Gasteiger partial charge in [0.05, 0.1) is 11.0 Å². The van der Waals surface area contributed by atoms with Crippen molar-refractivity contribution in [1.82, 2.24) is 14.1 Å². The number of halogens is 2. The van der Waals surface area contributed by atoms with Crippen LogP contribution in [-0.4, -0.2) is 14.1 Å². The minimum Gasteiger partial charge on any atom is -0.457 e. The van der Waals surface area contributed by atoms with Crippen LogP contribution in [-0.2, 0) is 16.2 Å². The van der Waals surface area contributed by atoms with Gasteiger partial charge in [0.15, 0.2) is 11.0 Å². The summed E-state index contributed by atoms with van der Waals surface area (Å²) in [6, 6.07) is 51.7. The van der Waals surface area contributed by atoms with Crippen LogP contribution in [0.5, 0.6) is 11.5 Å². The van der Waals surface area contributed by atoms with Gasteiger partial charge in [-0.15, -0.1) is 0 Å². The molecule has 0 fully saturated rings. The van der Waals surface area contributed by atoms with Crippen LogP contribution >= 0.6 is 0 Å². The molecule has 67 heavy (non-hydrogen) atoms. The highest BCUT2D eigenvalue weighted by Crippen LogP contribution is 2.41. The highest BCUT2D eigenvalue weighted by atomic mass is 19.1. The molecule has 0 saturated heterocycles. The molecule has 10 rings (SSSR count). The van der Waals surface area contributed by atoms with Crippen molar-refractivity contribution in [3.8, 4) is 50.9 Å². The first-order valence-corrected chi connectivity index (χ1v) is 23.0. The Morgan fingerprint density at radius 3 is 1.69 bits per heavy atom. The largest absolute Gasteiger partial charge is 0.457 e. The lowest BCUT2D eigenvalue weighted by Crippen LogP contribution is -2.31. The Kier molecular flexibility index (Phi) is 10.5. The summed E-state index contributed by atoms with van der Waals surface area (Å²) in [6.45, 7) is 19.9. The zero-order chi connectivity index (χ0) is 47.0. The van der Waals surface area contributed by atoms with Gasteiger partial charge >= 0.3 is 0 Å². The second-order valence-corrected chi connectivity index (χ2v) is 20.8. The van der Waals surface area contributed by atoms with Crippen LogP contribution in [0.1, 0.15) is 79.0 Å². The van der Waals surface area contributed by atoms with Crippen molar-refractivity contribution in [3.63, 3.8) is 0 Å². The third-order valence-electron chi connectivity index (χ3n) is 12.9. The van der Waals surface area contributed by atoms with Crippen LogP contribution in [0.15, 0.2) is 170 Å². The molecule has 7 aromatic carbocycles. The van der Waals surface area contributed by atoms with E-state index in [0.717, 1.165) is 83.4 Å². The van der Waals surface area contributed by atoms with Crippen LogP contribution in [0, 0.1) is 11.6 Å². The summed E-state index contributed by atoms with van der Waals surface area (Å²) in [5, 5.41) is 2.27. The average Bonchev–Trinajstić information content (AvgIpc) is 3.84. The van der Waals surface area contributed by atoms with E-state index in [1.807, 2.05) is 36.5 Å². The predicted molar refractivity (Wildman–Crippen MR) is 270 cm³/mol. The summed E-state index contributed by atoms with van der Waals surface area (Å²) in [5.74, 6) is 1.67. The number of ether oxygens (including phenoxy) is 1. The van der Waals surface area contributed by atoms with E-state index >= 15 is 0 Å². The van der Waals surface area contributed by atoms with E-state index < -0.39 is 0 Å². The highest BCUT2D eigenvalue weighted by molar-refractivity contribution is 6.09. The molecule has 0 aliphatic rings. The van der Waals surface area contributed by atoms with Crippen LogP contribution in [0.25, 0.3) is 72.3 Å². The molecular formula is C60H55F2N4O+. The molecule has 0 atom stereocenters. The predicted octanol–water partition coefficient (Wildman–Crippen LogP) is 15.7. The zero-order valence-corrected chi connectivity index (χ0v) is 39.6. The fourth-order valence-corrected chi connectivity index (χ4v) is 9.14. The highest BCUT2D eigenvalue weighted by Gasteiger charge is 2.29. The molecule has 0 saturated carbocycles. The van der Waals surface area contributed by atoms with Gasteiger partial charge in [-0.1, -0.05) is 117 Å². The number of imidazole rings is 1. The Labute approximate surface area is 391 Å². The molecule has 0 bridgehead atoms. The molecule has 0 aliphatic carbocycles. The topological polar surface area (TPSA) is 35.9 Å². The fourth-order valence-electron chi connectivity index (χ4n) is 9.14. The number of hydrogen-bond acceptors (Lipinski definition) is 2. The Morgan fingerprint density at radius 2 is 1.06 bits per heavy atom. The van der Waals surface area contributed by atoms with Crippen molar-refractivity contribution >= 4 is 32.8 Å². The van der Waals surface area contributed by atoms with E-state index in [0.29, 0.717) is 11.5 Å². The van der Waals surface area contributed by atoms with Crippen molar-refractivity contribution in [2.75, 3.05) is 0 Å². The Balaban J connectivity index is 1.16. The SMILES string of the molecule is CC(C)(C)c1cc(Oc2ccc3c4ccccc4n(-c4cc(C(C)(C)C)ccn4)c3c2)cc(-n2c[n+](-c3c(-c4ccc(F)cc4)cc(C(C)(C)C)cc3-c3ccc(F)cc3)c3ccccc32)c1. The molecular weight excluding hydrogens is 831 g/mol. The maximum Gasteiger partial charge on any atom is 0.255 e. The summed E-state index contributed by atoms with van der Waals surface area (Å²) in [4.78, 5) is 4.90. The normalized spacial score (nSPS) is 12.4. The second-order valence-electron chi connectivity index (χ2n) is 20.8. The number of hydrogen-bond donors (Lipinski definition) is 0. The molecule has 0 aliphatic heterocycles. The van der Waals surface area contributed by atoms with Crippen molar-refractivity contribution < 1.29 is 18.1 Å². The van der Waals surface area contributed by atoms with Gasteiger partial charge in [0.1, 0.15) is 40.3 Å². The lowest BCUT2D eigenvalue weighted by atomic mass is 9.82. The van der Waals surface area contributed by atoms with Crippen molar-refractivity contribution in [2.45, 2.75) is 78.6 Å². The molecule has 0 spiro atoms. The summed E-state index contributed by atoms with van der Waals surface area (Å²) in [6.07, 6.45) is 4.03. The van der Waals surface area contributed by atoms with Gasteiger partial charge in [0.25, 0.3) is 6.33 Å². The van der Waals surface area contributed by atoms with Gasteiger partial charge in [-0.05, 0) is 135 Å². The number of fused-ring (bicyclic) bond motifs is 4. The minimum atomic E-state index is -0.303. The summed E-state index contributed by atoms with van der Waals surface area (Å²) in [5.41, 5.74) is 12.4. The maximum atomic E-state index is 14.6. The molecule has 3 heterocycles. The van der Waals surface area contributed by atoms with Gasteiger partial charge < -0.3 is 4.74 Å². The number of rotatable bonds is 7. The molecule has 334 valence electrons. The lowest BCUT2D eigenvalue weighted by molar-refractivity contribution is -0.566. The van der Waals surface area contributed by atoms with E-state index in [-0.39, 0.29) is 27.9 Å². The van der Waals surface area contributed by atoms with Gasteiger partial charge in [-0.2, -0.15) is 9.13 Å². The molecule has 0 amide bonds. The van der Waals surface area contributed by atoms with Crippen molar-refractivity contribution in [2.24, 2.45) is 0 Å². The first-order chi connectivity index (χ1) is 31.9. The minimum absolute atomic E-state index is 0.0442. The van der Waals surface area contributed by atoms with E-state index in [9.17, 15) is 8.78 Å². The number of aromatic nitrogens is 4. The third-order valence-corrected chi connectivity index (χ3v) is 12.9. The van der Waals surface area contributed by atoms with Crippen LogP contribution < -0.4 is 9.30 Å². The van der Waals surface area contributed by atoms with E-state index in [2.05, 4.69) is 185 Å². The van der Waals surface area contributed by atoms with Gasteiger partial charge in [0, 0.05) is 40.2 Å². The molecule has 3 aromatic heterocycles. The number of nitrogens with zero attached hydrogens (tertiary/aromatic N) is 4. The number of para-hydroxylation sites is 3. The van der Waals surface area contributed by atoms with Crippen LogP contribution in [0.2, 0.25) is 0 Å². The van der Waals surface area contributed by atoms with E-state index in [4.69, 9.17) is 9.72 Å². The fraction of sp³-hybridized carbons (Fsp3) is 0.200. The standard InChI is InChI=1S/C60H55F2N4O/c1-58(2,3)40-28-29-63-56(34-40)66-52-15-11-10-14-48(52)49-27-26-46(36-55(49)66)67-47-31-41(59(4,5)6)30-45(35-47)64-37-65(54-17-13-12-16-53(54)64)57-50(38-18-22-43(61)23-19-38)32-42(60(7,8)9)33-51(57)39-20-24-44(62)25-21-39/h10-37H,1-9H3/q+1. The van der Waals surface area contributed by atoms with Gasteiger partial charge in [-0.25, -0.2) is 13.8 Å². The van der Waals surface area contributed by atoms with Crippen molar-refractivity contribution in [1.29, 1.82) is 0 Å². The van der Waals surface area contributed by atoms with Gasteiger partial charge in [-0.3, -0.25) is 4.57 Å². The van der Waals surface area contributed by atoms with E-state index in [1.165, 1.54) is 29.8 Å². The Bertz CT molecular complexity index is 3440. The Hall–Kier alpha value is -7.38. The summed E-state index contributed by atoms with van der Waals surface area (Å²) in [7, 11) is 0. The molecule has 0 N–H and O–H groups in total. The molecule has 0 unspecified atom stereocenters. The van der Waals surface area contributed by atoms with Crippen LogP contribution in [0.4, 0.5) is 8.78 Å².